The summed E-state index contributed by atoms with van der Waals surface area (Å²) >= 11 is 0. The van der Waals surface area contributed by atoms with Gasteiger partial charge in [-0.3, -0.25) is 9.59 Å². The minimum atomic E-state index is -0.248. The Labute approximate surface area is 171 Å². The molecule has 29 heavy (non-hydrogen) atoms. The molecule has 2 aliphatic heterocycles. The van der Waals surface area contributed by atoms with Crippen molar-refractivity contribution in [3.8, 4) is 5.75 Å². The van der Waals surface area contributed by atoms with Crippen LogP contribution in [0.1, 0.15) is 42.5 Å². The summed E-state index contributed by atoms with van der Waals surface area (Å²) in [5, 5.41) is 15.1. The average molecular weight is 402 g/mol. The van der Waals surface area contributed by atoms with Gasteiger partial charge in [-0.1, -0.05) is 6.07 Å². The second kappa shape index (κ2) is 10.1. The topological polar surface area (TPSA) is 102 Å². The molecule has 2 aliphatic rings. The van der Waals surface area contributed by atoms with Crippen LogP contribution in [-0.4, -0.2) is 72.0 Å². The summed E-state index contributed by atoms with van der Waals surface area (Å²) in [7, 11) is 0. The van der Waals surface area contributed by atoms with Gasteiger partial charge in [-0.15, -0.1) is 0 Å². The van der Waals surface area contributed by atoms with E-state index in [-0.39, 0.29) is 29.5 Å². The lowest BCUT2D eigenvalue weighted by atomic mass is 9.96. The fourth-order valence-corrected chi connectivity index (χ4v) is 3.84. The lowest BCUT2D eigenvalue weighted by Gasteiger charge is -2.34. The Bertz CT molecular complexity index is 725. The molecule has 0 radical (unpaired) electrons. The zero-order valence-electron chi connectivity index (χ0n) is 16.7. The number of hydrogen-bond acceptors (Lipinski definition) is 4. The first-order valence-corrected chi connectivity index (χ1v) is 10.4. The summed E-state index contributed by atoms with van der Waals surface area (Å²) < 4.78 is 0. The van der Waals surface area contributed by atoms with Gasteiger partial charge in [0.2, 0.25) is 5.91 Å². The highest BCUT2D eigenvalue weighted by Gasteiger charge is 2.30. The van der Waals surface area contributed by atoms with Crippen molar-refractivity contribution >= 4 is 17.8 Å². The average Bonchev–Trinajstić information content (AvgIpc) is 3.27. The number of phenolic OH excluding ortho intramolecular Hbond substituents is 1. The van der Waals surface area contributed by atoms with Crippen LogP contribution >= 0.6 is 0 Å². The molecule has 0 bridgehead atoms. The molecule has 0 aromatic heterocycles. The molecule has 0 spiro atoms. The summed E-state index contributed by atoms with van der Waals surface area (Å²) in [6.07, 6.45) is 4.18. The van der Waals surface area contributed by atoms with Crippen molar-refractivity contribution in [1.82, 2.24) is 20.4 Å². The number of nitrogens with one attached hydrogen (secondary N) is 2. The fraction of sp³-hybridized carbons (Fsp3) is 0.571. The number of urea groups is 1. The van der Waals surface area contributed by atoms with Gasteiger partial charge in [0.15, 0.2) is 0 Å². The third-order valence-electron chi connectivity index (χ3n) is 5.56. The number of rotatable bonds is 6. The van der Waals surface area contributed by atoms with Gasteiger partial charge in [0, 0.05) is 50.7 Å². The molecule has 158 valence electrons. The largest absolute Gasteiger partial charge is 0.508 e. The number of hydrogen-bond donors (Lipinski definition) is 3. The molecule has 0 aliphatic carbocycles. The van der Waals surface area contributed by atoms with Gasteiger partial charge in [-0.2, -0.15) is 0 Å². The Balaban J connectivity index is 1.29. The molecule has 1 aromatic carbocycles. The number of nitrogens with zero attached hydrogens (tertiary/aromatic N) is 2. The van der Waals surface area contributed by atoms with Crippen molar-refractivity contribution in [1.29, 1.82) is 0 Å². The zero-order valence-corrected chi connectivity index (χ0v) is 16.7. The molecule has 2 saturated heterocycles. The van der Waals surface area contributed by atoms with Crippen LogP contribution in [0.25, 0.3) is 0 Å². The van der Waals surface area contributed by atoms with Crippen molar-refractivity contribution < 1.29 is 19.5 Å². The monoisotopic (exact) mass is 402 g/mol. The van der Waals surface area contributed by atoms with Crippen LogP contribution in [0.4, 0.5) is 4.79 Å². The van der Waals surface area contributed by atoms with E-state index in [0.717, 1.165) is 25.9 Å². The number of phenols is 1. The molecule has 2 fully saturated rings. The first kappa shape index (κ1) is 21.0. The van der Waals surface area contributed by atoms with E-state index in [1.165, 1.54) is 12.1 Å². The van der Waals surface area contributed by atoms with Crippen molar-refractivity contribution in [3.63, 3.8) is 0 Å². The summed E-state index contributed by atoms with van der Waals surface area (Å²) in [6, 6.07) is 6.30. The van der Waals surface area contributed by atoms with E-state index in [1.54, 1.807) is 12.1 Å². The lowest BCUT2D eigenvalue weighted by Crippen LogP contribution is -2.47. The number of carbonyl (C=O) groups excluding carboxylic acids is 3. The number of amides is 4. The van der Waals surface area contributed by atoms with E-state index in [2.05, 4.69) is 10.6 Å². The molecule has 3 N–H and O–H groups in total. The van der Waals surface area contributed by atoms with Gasteiger partial charge >= 0.3 is 6.03 Å². The van der Waals surface area contributed by atoms with E-state index < -0.39 is 0 Å². The predicted molar refractivity (Wildman–Crippen MR) is 109 cm³/mol. The number of benzene rings is 1. The summed E-state index contributed by atoms with van der Waals surface area (Å²) in [6.45, 7) is 3.90. The van der Waals surface area contributed by atoms with E-state index in [1.807, 2.05) is 9.80 Å². The van der Waals surface area contributed by atoms with E-state index in [9.17, 15) is 19.5 Å². The molecule has 2 heterocycles. The Morgan fingerprint density at radius 1 is 0.966 bits per heavy atom. The van der Waals surface area contributed by atoms with Crippen LogP contribution in [0.5, 0.6) is 5.75 Å². The minimum Gasteiger partial charge on any atom is -0.508 e. The quantitative estimate of drug-likeness (QED) is 0.629. The van der Waals surface area contributed by atoms with Crippen molar-refractivity contribution in [2.24, 2.45) is 5.92 Å². The maximum atomic E-state index is 12.4. The third-order valence-corrected chi connectivity index (χ3v) is 5.56. The number of carbonyl (C=O) groups is 3. The van der Waals surface area contributed by atoms with Gasteiger partial charge in [-0.05, 0) is 50.3 Å². The normalized spacial score (nSPS) is 17.2. The summed E-state index contributed by atoms with van der Waals surface area (Å²) in [5.74, 6) is -0.225. The first-order chi connectivity index (χ1) is 14.0. The minimum absolute atomic E-state index is 0.0255. The molecule has 3 rings (SSSR count). The molecule has 8 nitrogen and oxygen atoms in total. The Morgan fingerprint density at radius 3 is 2.31 bits per heavy atom. The second-order valence-electron chi connectivity index (χ2n) is 7.69. The van der Waals surface area contributed by atoms with Crippen LogP contribution in [0, 0.1) is 5.92 Å². The highest BCUT2D eigenvalue weighted by atomic mass is 16.3. The molecule has 1 aromatic rings. The Hall–Kier alpha value is -2.77. The Kier molecular flexibility index (Phi) is 7.32. The van der Waals surface area contributed by atoms with E-state index >= 15 is 0 Å². The lowest BCUT2D eigenvalue weighted by molar-refractivity contribution is -0.126. The second-order valence-corrected chi connectivity index (χ2v) is 7.69. The molecule has 8 heteroatoms. The zero-order chi connectivity index (χ0) is 20.6. The van der Waals surface area contributed by atoms with E-state index in [4.69, 9.17) is 0 Å². The van der Waals surface area contributed by atoms with Gasteiger partial charge in [0.25, 0.3) is 5.91 Å². The van der Waals surface area contributed by atoms with Crippen LogP contribution in [0.2, 0.25) is 0 Å². The van der Waals surface area contributed by atoms with Crippen LogP contribution in [-0.2, 0) is 4.79 Å². The highest BCUT2D eigenvalue weighted by molar-refractivity contribution is 5.94. The fourth-order valence-electron chi connectivity index (χ4n) is 3.84. The van der Waals surface area contributed by atoms with Gasteiger partial charge in [0.05, 0.1) is 0 Å². The maximum absolute atomic E-state index is 12.4. The highest BCUT2D eigenvalue weighted by Crippen LogP contribution is 2.20. The maximum Gasteiger partial charge on any atom is 0.319 e. The van der Waals surface area contributed by atoms with Gasteiger partial charge < -0.3 is 25.5 Å². The van der Waals surface area contributed by atoms with Crippen molar-refractivity contribution in [2.75, 3.05) is 39.3 Å². The SMILES string of the molecule is O=C(NCCCNC(=O)C1CCN(C(=O)N2CCCC2)CC1)c1cccc(O)c1. The molecule has 4 amide bonds. The number of likely N-dealkylation sites (tertiary alicyclic amines) is 2. The summed E-state index contributed by atoms with van der Waals surface area (Å²) in [5.41, 5.74) is 0.407. The molecule has 0 atom stereocenters. The predicted octanol–water partition coefficient (Wildman–Crippen LogP) is 1.56. The number of piperidine rings is 1. The number of aromatic hydroxyl groups is 1. The smallest absolute Gasteiger partial charge is 0.319 e. The molecular weight excluding hydrogens is 372 g/mol. The van der Waals surface area contributed by atoms with Crippen molar-refractivity contribution in [3.05, 3.63) is 29.8 Å². The van der Waals surface area contributed by atoms with Gasteiger partial charge in [0.1, 0.15) is 5.75 Å². The van der Waals surface area contributed by atoms with E-state index in [0.29, 0.717) is 51.0 Å². The Morgan fingerprint density at radius 2 is 1.62 bits per heavy atom. The summed E-state index contributed by atoms with van der Waals surface area (Å²) in [4.78, 5) is 40.5. The van der Waals surface area contributed by atoms with Crippen LogP contribution in [0.15, 0.2) is 24.3 Å². The molecule has 0 saturated carbocycles. The van der Waals surface area contributed by atoms with Crippen LogP contribution < -0.4 is 10.6 Å². The van der Waals surface area contributed by atoms with Gasteiger partial charge in [-0.25, -0.2) is 4.79 Å². The van der Waals surface area contributed by atoms with Crippen molar-refractivity contribution in [2.45, 2.75) is 32.1 Å². The van der Waals surface area contributed by atoms with Crippen LogP contribution in [0.3, 0.4) is 0 Å². The standard InChI is InChI=1S/C21H30N4O4/c26-18-6-3-5-17(15-18)20(28)23-10-4-9-22-19(27)16-7-13-25(14-8-16)21(29)24-11-1-2-12-24/h3,5-6,15-16,26H,1-2,4,7-14H2,(H,22,27)(H,23,28). The molecular formula is C21H30N4O4. The third kappa shape index (κ3) is 5.85. The molecule has 0 unspecified atom stereocenters. The first-order valence-electron chi connectivity index (χ1n) is 10.4.